The lowest BCUT2D eigenvalue weighted by atomic mass is 10.0. The van der Waals surface area contributed by atoms with Crippen molar-refractivity contribution in [3.63, 3.8) is 0 Å². The Hall–Kier alpha value is -1.62. The number of nitrogens with one attached hydrogen (secondary N) is 1. The lowest BCUT2D eigenvalue weighted by Gasteiger charge is -2.23. The van der Waals surface area contributed by atoms with E-state index in [9.17, 15) is 9.18 Å². The number of nitrogens with two attached hydrogens (primary N) is 1. The highest BCUT2D eigenvalue weighted by Crippen LogP contribution is 2.24. The number of halogens is 1. The fourth-order valence-electron chi connectivity index (χ4n) is 2.03. The van der Waals surface area contributed by atoms with Crippen molar-refractivity contribution in [3.8, 4) is 0 Å². The quantitative estimate of drug-likeness (QED) is 0.805. The van der Waals surface area contributed by atoms with Crippen molar-refractivity contribution in [1.29, 1.82) is 0 Å². The van der Waals surface area contributed by atoms with Crippen LogP contribution in [-0.4, -0.2) is 24.7 Å². The molecule has 1 saturated heterocycles. The SMILES string of the molecule is CC1(CNC(=O)c2ccc(F)c(N)c2)CCCO1. The maximum absolute atomic E-state index is 13.0. The average Bonchev–Trinajstić information content (AvgIpc) is 2.77. The van der Waals surface area contributed by atoms with E-state index in [1.54, 1.807) is 0 Å². The second-order valence-corrected chi connectivity index (χ2v) is 4.82. The molecule has 18 heavy (non-hydrogen) atoms. The van der Waals surface area contributed by atoms with Crippen molar-refractivity contribution < 1.29 is 13.9 Å². The van der Waals surface area contributed by atoms with Crippen LogP contribution in [0.3, 0.4) is 0 Å². The van der Waals surface area contributed by atoms with Crippen LogP contribution in [0.4, 0.5) is 10.1 Å². The summed E-state index contributed by atoms with van der Waals surface area (Å²) in [5.74, 6) is -0.781. The molecule has 1 heterocycles. The lowest BCUT2D eigenvalue weighted by molar-refractivity contribution is 0.0206. The van der Waals surface area contributed by atoms with E-state index in [-0.39, 0.29) is 17.2 Å². The summed E-state index contributed by atoms with van der Waals surface area (Å²) in [5.41, 5.74) is 5.47. The molecule has 4 nitrogen and oxygen atoms in total. The zero-order valence-corrected chi connectivity index (χ0v) is 10.3. The van der Waals surface area contributed by atoms with Crippen LogP contribution in [0, 0.1) is 5.82 Å². The third kappa shape index (κ3) is 2.79. The van der Waals surface area contributed by atoms with Crippen molar-refractivity contribution >= 4 is 11.6 Å². The molecule has 0 saturated carbocycles. The molecule has 2 rings (SSSR count). The molecule has 0 aliphatic carbocycles. The first-order valence-electron chi connectivity index (χ1n) is 5.97. The Morgan fingerprint density at radius 3 is 3.00 bits per heavy atom. The molecular weight excluding hydrogens is 235 g/mol. The molecule has 1 aromatic rings. The van der Waals surface area contributed by atoms with Crippen LogP contribution in [0.1, 0.15) is 30.1 Å². The molecule has 0 aromatic heterocycles. The molecule has 1 atom stereocenters. The van der Waals surface area contributed by atoms with Crippen LogP contribution >= 0.6 is 0 Å². The van der Waals surface area contributed by atoms with Crippen LogP contribution < -0.4 is 11.1 Å². The first kappa shape index (κ1) is 12.8. The van der Waals surface area contributed by atoms with Gasteiger partial charge in [0.2, 0.25) is 0 Å². The highest BCUT2D eigenvalue weighted by molar-refractivity contribution is 5.95. The molecular formula is C13H17FN2O2. The summed E-state index contributed by atoms with van der Waals surface area (Å²) in [5, 5.41) is 2.79. The largest absolute Gasteiger partial charge is 0.396 e. The van der Waals surface area contributed by atoms with E-state index in [2.05, 4.69) is 5.32 Å². The van der Waals surface area contributed by atoms with E-state index in [4.69, 9.17) is 10.5 Å². The zero-order valence-electron chi connectivity index (χ0n) is 10.3. The normalized spacial score (nSPS) is 23.0. The van der Waals surface area contributed by atoms with E-state index in [1.807, 2.05) is 6.92 Å². The molecule has 1 amide bonds. The summed E-state index contributed by atoms with van der Waals surface area (Å²) < 4.78 is 18.5. The highest BCUT2D eigenvalue weighted by atomic mass is 19.1. The second kappa shape index (κ2) is 4.94. The molecule has 98 valence electrons. The zero-order chi connectivity index (χ0) is 13.2. The van der Waals surface area contributed by atoms with Gasteiger partial charge in [-0.2, -0.15) is 0 Å². The van der Waals surface area contributed by atoms with E-state index < -0.39 is 5.82 Å². The smallest absolute Gasteiger partial charge is 0.251 e. The fourth-order valence-corrected chi connectivity index (χ4v) is 2.03. The third-order valence-corrected chi connectivity index (χ3v) is 3.18. The maximum atomic E-state index is 13.0. The number of anilines is 1. The predicted octanol–water partition coefficient (Wildman–Crippen LogP) is 1.71. The van der Waals surface area contributed by atoms with Gasteiger partial charge >= 0.3 is 0 Å². The summed E-state index contributed by atoms with van der Waals surface area (Å²) in [7, 11) is 0. The Balaban J connectivity index is 1.97. The van der Waals surface area contributed by atoms with Crippen molar-refractivity contribution in [3.05, 3.63) is 29.6 Å². The van der Waals surface area contributed by atoms with Gasteiger partial charge in [0.25, 0.3) is 5.91 Å². The minimum absolute atomic E-state index is 0.0222. The summed E-state index contributed by atoms with van der Waals surface area (Å²) >= 11 is 0. The Morgan fingerprint density at radius 2 is 2.39 bits per heavy atom. The van der Waals surface area contributed by atoms with Gasteiger partial charge in [0.05, 0.1) is 11.3 Å². The number of amides is 1. The van der Waals surface area contributed by atoms with Crippen LogP contribution in [0.25, 0.3) is 0 Å². The van der Waals surface area contributed by atoms with Crippen LogP contribution in [0.2, 0.25) is 0 Å². The standard InChI is InChI=1S/C13H17FN2O2/c1-13(5-2-6-18-13)8-16-12(17)9-3-4-10(14)11(15)7-9/h3-4,7H,2,5-6,8,15H2,1H3,(H,16,17). The van der Waals surface area contributed by atoms with E-state index >= 15 is 0 Å². The maximum Gasteiger partial charge on any atom is 0.251 e. The molecule has 0 radical (unpaired) electrons. The van der Waals surface area contributed by atoms with Crippen molar-refractivity contribution in [2.45, 2.75) is 25.4 Å². The first-order chi connectivity index (χ1) is 8.50. The van der Waals surface area contributed by atoms with Gasteiger partial charge in [-0.1, -0.05) is 0 Å². The number of nitrogen functional groups attached to an aromatic ring is 1. The molecule has 3 N–H and O–H groups in total. The molecule has 1 aromatic carbocycles. The van der Waals surface area contributed by atoms with Gasteiger partial charge in [-0.3, -0.25) is 4.79 Å². The van der Waals surface area contributed by atoms with E-state index in [0.717, 1.165) is 19.4 Å². The fraction of sp³-hybridized carbons (Fsp3) is 0.462. The second-order valence-electron chi connectivity index (χ2n) is 4.82. The molecule has 5 heteroatoms. The van der Waals surface area contributed by atoms with Gasteiger partial charge in [-0.05, 0) is 38.0 Å². The number of ether oxygens (including phenoxy) is 1. The topological polar surface area (TPSA) is 64.4 Å². The molecule has 0 bridgehead atoms. The summed E-state index contributed by atoms with van der Waals surface area (Å²) in [4.78, 5) is 11.9. The third-order valence-electron chi connectivity index (χ3n) is 3.18. The van der Waals surface area contributed by atoms with Gasteiger partial charge in [0.15, 0.2) is 0 Å². The minimum Gasteiger partial charge on any atom is -0.396 e. The van der Waals surface area contributed by atoms with E-state index in [1.165, 1.54) is 18.2 Å². The lowest BCUT2D eigenvalue weighted by Crippen LogP contribution is -2.40. The molecule has 1 fully saturated rings. The molecule has 1 unspecified atom stereocenters. The van der Waals surface area contributed by atoms with Gasteiger partial charge in [-0.25, -0.2) is 4.39 Å². The number of carbonyl (C=O) groups excluding carboxylic acids is 1. The molecule has 1 aliphatic heterocycles. The number of carbonyl (C=O) groups is 1. The number of benzene rings is 1. The Morgan fingerprint density at radius 1 is 1.61 bits per heavy atom. The minimum atomic E-state index is -0.516. The van der Waals surface area contributed by atoms with Crippen LogP contribution in [-0.2, 0) is 4.74 Å². The summed E-state index contributed by atoms with van der Waals surface area (Å²) in [6.45, 7) is 3.15. The van der Waals surface area contributed by atoms with Crippen LogP contribution in [0.15, 0.2) is 18.2 Å². The van der Waals surface area contributed by atoms with Crippen molar-refractivity contribution in [2.24, 2.45) is 0 Å². The summed E-state index contributed by atoms with van der Waals surface area (Å²) in [6.07, 6.45) is 1.94. The Kier molecular flexibility index (Phi) is 3.52. The highest BCUT2D eigenvalue weighted by Gasteiger charge is 2.30. The van der Waals surface area contributed by atoms with Gasteiger partial charge in [-0.15, -0.1) is 0 Å². The van der Waals surface area contributed by atoms with Crippen molar-refractivity contribution in [2.75, 3.05) is 18.9 Å². The number of rotatable bonds is 3. The Bertz CT molecular complexity index is 456. The monoisotopic (exact) mass is 252 g/mol. The number of hydrogen-bond acceptors (Lipinski definition) is 3. The van der Waals surface area contributed by atoms with E-state index in [0.29, 0.717) is 12.1 Å². The molecule has 1 aliphatic rings. The first-order valence-corrected chi connectivity index (χ1v) is 5.97. The molecule has 0 spiro atoms. The van der Waals surface area contributed by atoms with Gasteiger partial charge in [0, 0.05) is 18.7 Å². The van der Waals surface area contributed by atoms with Gasteiger partial charge in [0.1, 0.15) is 5.82 Å². The average molecular weight is 252 g/mol. The summed E-state index contributed by atoms with van der Waals surface area (Å²) in [6, 6.07) is 3.94. The number of hydrogen-bond donors (Lipinski definition) is 2. The van der Waals surface area contributed by atoms with Gasteiger partial charge < -0.3 is 15.8 Å². The predicted molar refractivity (Wildman–Crippen MR) is 66.7 cm³/mol. The van der Waals surface area contributed by atoms with Crippen LogP contribution in [0.5, 0.6) is 0 Å². The van der Waals surface area contributed by atoms with Crippen molar-refractivity contribution in [1.82, 2.24) is 5.32 Å². The Labute approximate surface area is 105 Å².